The molecule has 0 spiro atoms. The molecule has 0 radical (unpaired) electrons. The van der Waals surface area contributed by atoms with Gasteiger partial charge in [0.1, 0.15) is 5.82 Å². The number of benzene rings is 1. The number of rotatable bonds is 2. The maximum atomic E-state index is 13.6. The van der Waals surface area contributed by atoms with E-state index in [0.29, 0.717) is 12.0 Å². The lowest BCUT2D eigenvalue weighted by Crippen LogP contribution is -2.50. The largest absolute Gasteiger partial charge is 0.313 e. The Balaban J connectivity index is 1.73. The molecule has 0 aromatic heterocycles. The molecule has 2 heteroatoms. The lowest BCUT2D eigenvalue weighted by molar-refractivity contribution is 0.137. The summed E-state index contributed by atoms with van der Waals surface area (Å²) in [5.41, 5.74) is 0.891. The van der Waals surface area contributed by atoms with Crippen molar-refractivity contribution < 1.29 is 4.39 Å². The third-order valence-corrected chi connectivity index (χ3v) is 4.20. The molecule has 2 saturated heterocycles. The van der Waals surface area contributed by atoms with E-state index in [9.17, 15) is 4.39 Å². The summed E-state index contributed by atoms with van der Waals surface area (Å²) in [5, 5.41) is 3.59. The zero-order valence-electron chi connectivity index (χ0n) is 9.45. The van der Waals surface area contributed by atoms with Crippen LogP contribution in [0.25, 0.3) is 0 Å². The summed E-state index contributed by atoms with van der Waals surface area (Å²) < 4.78 is 13.6. The van der Waals surface area contributed by atoms with Gasteiger partial charge in [0.25, 0.3) is 0 Å². The van der Waals surface area contributed by atoms with E-state index in [1.54, 1.807) is 12.1 Å². The minimum atomic E-state index is -0.0380. The van der Waals surface area contributed by atoms with Crippen LogP contribution in [0.4, 0.5) is 4.39 Å². The molecule has 2 bridgehead atoms. The van der Waals surface area contributed by atoms with Crippen LogP contribution in [0.2, 0.25) is 0 Å². The predicted octanol–water partition coefficient (Wildman–Crippen LogP) is 2.76. The number of hydrogen-bond acceptors (Lipinski definition) is 1. The molecule has 1 nitrogen and oxygen atoms in total. The topological polar surface area (TPSA) is 12.0 Å². The molecule has 86 valence electrons. The Morgan fingerprint density at radius 3 is 2.75 bits per heavy atom. The van der Waals surface area contributed by atoms with Crippen LogP contribution in [0.5, 0.6) is 0 Å². The molecule has 3 fully saturated rings. The summed E-state index contributed by atoms with van der Waals surface area (Å²) in [6.07, 6.45) is 4.84. The Kier molecular flexibility index (Phi) is 2.68. The molecule has 3 atom stereocenters. The van der Waals surface area contributed by atoms with E-state index in [2.05, 4.69) is 5.32 Å². The van der Waals surface area contributed by atoms with Gasteiger partial charge in [-0.3, -0.25) is 0 Å². The summed E-state index contributed by atoms with van der Waals surface area (Å²) in [5.74, 6) is 1.44. The average molecular weight is 219 g/mol. The molecule has 16 heavy (non-hydrogen) atoms. The second-order valence-corrected chi connectivity index (χ2v) is 5.25. The van der Waals surface area contributed by atoms with Crippen molar-refractivity contribution in [3.63, 3.8) is 0 Å². The molecule has 1 aromatic rings. The summed E-state index contributed by atoms with van der Waals surface area (Å²) in [4.78, 5) is 0. The smallest absolute Gasteiger partial charge is 0.126 e. The number of piperidine rings is 2. The van der Waals surface area contributed by atoms with Gasteiger partial charge < -0.3 is 5.32 Å². The van der Waals surface area contributed by atoms with Crippen LogP contribution in [0.3, 0.4) is 0 Å². The Labute approximate surface area is 96.1 Å². The number of hydrogen-bond donors (Lipinski definition) is 1. The average Bonchev–Trinajstić information content (AvgIpc) is 2.34. The van der Waals surface area contributed by atoms with Crippen molar-refractivity contribution in [2.24, 2.45) is 11.8 Å². The van der Waals surface area contributed by atoms with Crippen molar-refractivity contribution >= 4 is 0 Å². The van der Waals surface area contributed by atoms with Gasteiger partial charge in [0, 0.05) is 6.04 Å². The van der Waals surface area contributed by atoms with E-state index >= 15 is 0 Å². The van der Waals surface area contributed by atoms with E-state index in [4.69, 9.17) is 0 Å². The molecule has 2 heterocycles. The van der Waals surface area contributed by atoms with Gasteiger partial charge in [-0.25, -0.2) is 4.39 Å². The minimum Gasteiger partial charge on any atom is -0.313 e. The van der Waals surface area contributed by atoms with E-state index in [-0.39, 0.29) is 5.82 Å². The predicted molar refractivity (Wildman–Crippen MR) is 62.7 cm³/mol. The third kappa shape index (κ3) is 1.86. The summed E-state index contributed by atoms with van der Waals surface area (Å²) in [7, 11) is 0. The van der Waals surface area contributed by atoms with Crippen molar-refractivity contribution in [2.45, 2.75) is 31.7 Å². The fraction of sp³-hybridized carbons (Fsp3) is 0.571. The standard InChI is InChI=1S/C14H18FN/c15-13-4-2-1-3-11(13)8-12-7-10-5-6-14(12)16-9-10/h1-4,10,12,14,16H,5-9H2/t10-,12+,14+/m1/s1. The van der Waals surface area contributed by atoms with Crippen LogP contribution >= 0.6 is 0 Å². The third-order valence-electron chi connectivity index (χ3n) is 4.20. The van der Waals surface area contributed by atoms with Crippen LogP contribution in [0.15, 0.2) is 24.3 Å². The molecular formula is C14H18FN. The lowest BCUT2D eigenvalue weighted by Gasteiger charge is -2.43. The molecule has 0 unspecified atom stereocenters. The molecule has 4 rings (SSSR count). The Bertz CT molecular complexity index is 369. The highest BCUT2D eigenvalue weighted by Gasteiger charge is 2.35. The van der Waals surface area contributed by atoms with Gasteiger partial charge in [-0.2, -0.15) is 0 Å². The number of nitrogens with one attached hydrogen (secondary N) is 1. The highest BCUT2D eigenvalue weighted by Crippen LogP contribution is 2.35. The van der Waals surface area contributed by atoms with E-state index in [1.807, 2.05) is 12.1 Å². The maximum Gasteiger partial charge on any atom is 0.126 e. The normalized spacial score (nSPS) is 32.9. The van der Waals surface area contributed by atoms with Gasteiger partial charge in [-0.05, 0) is 55.7 Å². The second-order valence-electron chi connectivity index (χ2n) is 5.25. The Morgan fingerprint density at radius 1 is 1.25 bits per heavy atom. The molecule has 1 N–H and O–H groups in total. The summed E-state index contributed by atoms with van der Waals surface area (Å²) >= 11 is 0. The van der Waals surface area contributed by atoms with Crippen LogP contribution in [0, 0.1) is 17.7 Å². The summed E-state index contributed by atoms with van der Waals surface area (Å²) in [6, 6.07) is 7.84. The SMILES string of the molecule is Fc1ccccc1C[C@@H]1C[C@H]2CC[C@@H]1NC2. The first-order valence-electron chi connectivity index (χ1n) is 6.29. The van der Waals surface area contributed by atoms with Crippen molar-refractivity contribution in [3.05, 3.63) is 35.6 Å². The zero-order valence-corrected chi connectivity index (χ0v) is 9.45. The minimum absolute atomic E-state index is 0.0380. The van der Waals surface area contributed by atoms with Crippen LogP contribution < -0.4 is 5.32 Å². The van der Waals surface area contributed by atoms with E-state index in [1.165, 1.54) is 25.8 Å². The lowest BCUT2D eigenvalue weighted by atomic mass is 9.72. The summed E-state index contributed by atoms with van der Waals surface area (Å²) in [6.45, 7) is 1.18. The highest BCUT2D eigenvalue weighted by atomic mass is 19.1. The van der Waals surface area contributed by atoms with Crippen LogP contribution in [-0.4, -0.2) is 12.6 Å². The van der Waals surface area contributed by atoms with E-state index < -0.39 is 0 Å². The van der Waals surface area contributed by atoms with Gasteiger partial charge in [0.2, 0.25) is 0 Å². The molecule has 3 aliphatic rings. The molecule has 2 aliphatic heterocycles. The Morgan fingerprint density at radius 2 is 2.12 bits per heavy atom. The molecule has 0 amide bonds. The van der Waals surface area contributed by atoms with Crippen LogP contribution in [-0.2, 0) is 6.42 Å². The Hall–Kier alpha value is -0.890. The second kappa shape index (κ2) is 4.17. The first kappa shape index (κ1) is 10.3. The monoisotopic (exact) mass is 219 g/mol. The number of halogens is 1. The van der Waals surface area contributed by atoms with Crippen LogP contribution in [0.1, 0.15) is 24.8 Å². The maximum absolute atomic E-state index is 13.6. The first-order valence-corrected chi connectivity index (χ1v) is 6.29. The quantitative estimate of drug-likeness (QED) is 0.806. The van der Waals surface area contributed by atoms with Gasteiger partial charge in [0.15, 0.2) is 0 Å². The van der Waals surface area contributed by atoms with Gasteiger partial charge in [-0.1, -0.05) is 18.2 Å². The first-order chi connectivity index (χ1) is 7.83. The molecule has 1 aliphatic carbocycles. The fourth-order valence-corrected chi connectivity index (χ4v) is 3.31. The van der Waals surface area contributed by atoms with Crippen molar-refractivity contribution in [2.75, 3.05) is 6.54 Å². The van der Waals surface area contributed by atoms with Crippen molar-refractivity contribution in [1.29, 1.82) is 0 Å². The molecule has 1 saturated carbocycles. The highest BCUT2D eigenvalue weighted by molar-refractivity contribution is 5.18. The molecular weight excluding hydrogens is 201 g/mol. The van der Waals surface area contributed by atoms with Gasteiger partial charge in [-0.15, -0.1) is 0 Å². The van der Waals surface area contributed by atoms with E-state index in [0.717, 1.165) is 17.9 Å². The number of fused-ring (bicyclic) bond motifs is 3. The zero-order chi connectivity index (χ0) is 11.0. The van der Waals surface area contributed by atoms with Gasteiger partial charge >= 0.3 is 0 Å². The van der Waals surface area contributed by atoms with Gasteiger partial charge in [0.05, 0.1) is 0 Å². The van der Waals surface area contributed by atoms with Crippen molar-refractivity contribution in [3.8, 4) is 0 Å². The van der Waals surface area contributed by atoms with Crippen molar-refractivity contribution in [1.82, 2.24) is 5.32 Å². The fourth-order valence-electron chi connectivity index (χ4n) is 3.31. The molecule has 1 aromatic carbocycles.